The number of hydrogen-bond acceptors (Lipinski definition) is 4. The van der Waals surface area contributed by atoms with Gasteiger partial charge in [0.25, 0.3) is 11.8 Å². The molecular formula is C27H26N2O4. The average molecular weight is 443 g/mol. The van der Waals surface area contributed by atoms with Gasteiger partial charge in [-0.2, -0.15) is 0 Å². The van der Waals surface area contributed by atoms with Crippen LogP contribution in [0.5, 0.6) is 5.75 Å². The number of anilines is 1. The first-order valence-electron chi connectivity index (χ1n) is 10.6. The fraction of sp³-hybridized carbons (Fsp3) is 0.148. The van der Waals surface area contributed by atoms with E-state index in [1.165, 1.54) is 6.92 Å². The molecule has 0 saturated heterocycles. The number of rotatable bonds is 8. The first-order chi connectivity index (χ1) is 15.9. The van der Waals surface area contributed by atoms with Gasteiger partial charge >= 0.3 is 0 Å². The zero-order valence-electron chi connectivity index (χ0n) is 18.8. The highest BCUT2D eigenvalue weighted by Gasteiger charge is 2.15. The van der Waals surface area contributed by atoms with Gasteiger partial charge in [0, 0.05) is 16.8 Å². The molecule has 3 aromatic carbocycles. The number of carbonyl (C=O) groups excluding carboxylic acids is 3. The molecule has 2 amide bonds. The highest BCUT2D eigenvalue weighted by Crippen LogP contribution is 2.17. The summed E-state index contributed by atoms with van der Waals surface area (Å²) in [5, 5.41) is 5.47. The Bertz CT molecular complexity index is 1180. The predicted molar refractivity (Wildman–Crippen MR) is 129 cm³/mol. The van der Waals surface area contributed by atoms with E-state index in [1.807, 2.05) is 26.0 Å². The summed E-state index contributed by atoms with van der Waals surface area (Å²) in [5.74, 6) is -0.306. The van der Waals surface area contributed by atoms with E-state index in [0.717, 1.165) is 5.56 Å². The van der Waals surface area contributed by atoms with Gasteiger partial charge in [0.15, 0.2) is 5.78 Å². The molecule has 0 spiro atoms. The fourth-order valence-electron chi connectivity index (χ4n) is 3.07. The molecule has 0 aliphatic heterocycles. The van der Waals surface area contributed by atoms with Gasteiger partial charge in [-0.15, -0.1) is 0 Å². The van der Waals surface area contributed by atoms with Crippen molar-refractivity contribution in [1.29, 1.82) is 0 Å². The van der Waals surface area contributed by atoms with Crippen LogP contribution >= 0.6 is 0 Å². The fourth-order valence-corrected chi connectivity index (χ4v) is 3.07. The molecule has 3 rings (SSSR count). The molecule has 168 valence electrons. The first kappa shape index (κ1) is 23.5. The van der Waals surface area contributed by atoms with E-state index in [0.29, 0.717) is 34.7 Å². The minimum atomic E-state index is -0.509. The Morgan fingerprint density at radius 1 is 0.909 bits per heavy atom. The van der Waals surface area contributed by atoms with Gasteiger partial charge in [-0.1, -0.05) is 42.0 Å². The molecule has 33 heavy (non-hydrogen) atoms. The van der Waals surface area contributed by atoms with E-state index in [9.17, 15) is 14.4 Å². The lowest BCUT2D eigenvalue weighted by Gasteiger charge is -2.12. The maximum Gasteiger partial charge on any atom is 0.272 e. The highest BCUT2D eigenvalue weighted by molar-refractivity contribution is 6.11. The maximum atomic E-state index is 13.1. The van der Waals surface area contributed by atoms with E-state index in [-0.39, 0.29) is 11.5 Å². The normalized spacial score (nSPS) is 10.9. The number of ketones is 1. The van der Waals surface area contributed by atoms with Crippen molar-refractivity contribution in [2.75, 3.05) is 11.9 Å². The minimum Gasteiger partial charge on any atom is -0.494 e. The Kier molecular flexibility index (Phi) is 7.76. The number of Topliss-reactive ketones (excluding diaryl/α,β-unsaturated/α-hetero) is 1. The number of nitrogens with one attached hydrogen (secondary N) is 2. The summed E-state index contributed by atoms with van der Waals surface area (Å²) in [5.41, 5.74) is 3.18. The van der Waals surface area contributed by atoms with E-state index < -0.39 is 11.8 Å². The second-order valence-corrected chi connectivity index (χ2v) is 7.47. The van der Waals surface area contributed by atoms with E-state index in [1.54, 1.807) is 66.7 Å². The highest BCUT2D eigenvalue weighted by atomic mass is 16.5. The van der Waals surface area contributed by atoms with Gasteiger partial charge in [-0.25, -0.2) is 0 Å². The molecule has 0 aliphatic carbocycles. The summed E-state index contributed by atoms with van der Waals surface area (Å²) < 4.78 is 5.46. The van der Waals surface area contributed by atoms with Gasteiger partial charge in [0.05, 0.1) is 6.61 Å². The van der Waals surface area contributed by atoms with Crippen molar-refractivity contribution in [1.82, 2.24) is 5.32 Å². The van der Waals surface area contributed by atoms with Gasteiger partial charge < -0.3 is 15.4 Å². The molecule has 6 nitrogen and oxygen atoms in total. The molecule has 3 aromatic rings. The summed E-state index contributed by atoms with van der Waals surface area (Å²) in [7, 11) is 0. The van der Waals surface area contributed by atoms with Crippen LogP contribution in [0.1, 0.15) is 45.7 Å². The molecule has 0 aromatic heterocycles. The Balaban J connectivity index is 1.88. The SMILES string of the molecule is CCOc1ccc(/C=C(\NC(=O)c2ccc(C)cc2)C(=O)Nc2cccc(C(C)=O)c2)cc1. The van der Waals surface area contributed by atoms with Crippen LogP contribution in [0.15, 0.2) is 78.5 Å². The number of aryl methyl sites for hydroxylation is 1. The number of ether oxygens (including phenoxy) is 1. The zero-order valence-corrected chi connectivity index (χ0v) is 18.8. The standard InChI is InChI=1S/C27H26N2O4/c1-4-33-24-14-10-20(11-15-24)16-25(29-26(31)21-12-8-18(2)9-13-21)27(32)28-23-7-5-6-22(17-23)19(3)30/h5-17H,4H2,1-3H3,(H,28,32)(H,29,31)/b25-16-. The maximum absolute atomic E-state index is 13.1. The molecule has 6 heteroatoms. The smallest absolute Gasteiger partial charge is 0.272 e. The van der Waals surface area contributed by atoms with Crippen molar-refractivity contribution < 1.29 is 19.1 Å². The van der Waals surface area contributed by atoms with Crippen molar-refractivity contribution in [3.63, 3.8) is 0 Å². The number of amides is 2. The van der Waals surface area contributed by atoms with Crippen LogP contribution in [0.25, 0.3) is 6.08 Å². The van der Waals surface area contributed by atoms with Crippen molar-refractivity contribution in [3.8, 4) is 5.75 Å². The third kappa shape index (κ3) is 6.64. The summed E-state index contributed by atoms with van der Waals surface area (Å²) in [6, 6.07) is 20.9. The lowest BCUT2D eigenvalue weighted by Crippen LogP contribution is -2.30. The van der Waals surface area contributed by atoms with Crippen LogP contribution in [-0.2, 0) is 4.79 Å². The molecule has 2 N–H and O–H groups in total. The van der Waals surface area contributed by atoms with Gasteiger partial charge in [-0.3, -0.25) is 14.4 Å². The first-order valence-corrected chi connectivity index (χ1v) is 10.6. The van der Waals surface area contributed by atoms with E-state index in [2.05, 4.69) is 10.6 Å². The molecule has 0 heterocycles. The summed E-state index contributed by atoms with van der Waals surface area (Å²) >= 11 is 0. The van der Waals surface area contributed by atoms with Crippen LogP contribution in [0.2, 0.25) is 0 Å². The van der Waals surface area contributed by atoms with Crippen LogP contribution in [0.4, 0.5) is 5.69 Å². The Labute approximate surface area is 193 Å². The van der Waals surface area contributed by atoms with Crippen LogP contribution < -0.4 is 15.4 Å². The molecule has 0 atom stereocenters. The molecule has 0 radical (unpaired) electrons. The monoisotopic (exact) mass is 442 g/mol. The van der Waals surface area contributed by atoms with Crippen molar-refractivity contribution in [3.05, 3.63) is 101 Å². The lowest BCUT2D eigenvalue weighted by atomic mass is 10.1. The van der Waals surface area contributed by atoms with Crippen LogP contribution in [0.3, 0.4) is 0 Å². The summed E-state index contributed by atoms with van der Waals surface area (Å²) in [4.78, 5) is 37.6. The van der Waals surface area contributed by atoms with Gasteiger partial charge in [0.2, 0.25) is 0 Å². The van der Waals surface area contributed by atoms with Crippen molar-refractivity contribution in [2.45, 2.75) is 20.8 Å². The minimum absolute atomic E-state index is 0.0676. The van der Waals surface area contributed by atoms with Crippen LogP contribution in [-0.4, -0.2) is 24.2 Å². The van der Waals surface area contributed by atoms with E-state index in [4.69, 9.17) is 4.74 Å². The Hall–Kier alpha value is -4.19. The third-order valence-electron chi connectivity index (χ3n) is 4.84. The van der Waals surface area contributed by atoms with Crippen LogP contribution in [0, 0.1) is 6.92 Å². The van der Waals surface area contributed by atoms with E-state index >= 15 is 0 Å². The van der Waals surface area contributed by atoms with Gasteiger partial charge in [-0.05, 0) is 68.8 Å². The number of carbonyl (C=O) groups is 3. The largest absolute Gasteiger partial charge is 0.494 e. The van der Waals surface area contributed by atoms with Crippen molar-refractivity contribution >= 4 is 29.4 Å². The topological polar surface area (TPSA) is 84.5 Å². The third-order valence-corrected chi connectivity index (χ3v) is 4.84. The molecule has 0 aliphatic rings. The second-order valence-electron chi connectivity index (χ2n) is 7.47. The molecule has 0 saturated carbocycles. The average Bonchev–Trinajstić information content (AvgIpc) is 2.80. The zero-order chi connectivity index (χ0) is 23.8. The quantitative estimate of drug-likeness (QED) is 0.380. The number of hydrogen-bond donors (Lipinski definition) is 2. The predicted octanol–water partition coefficient (Wildman–Crippen LogP) is 5.01. The second kappa shape index (κ2) is 10.9. The molecular weight excluding hydrogens is 416 g/mol. The number of benzene rings is 3. The molecule has 0 unspecified atom stereocenters. The Morgan fingerprint density at radius 2 is 1.61 bits per heavy atom. The Morgan fingerprint density at radius 3 is 2.24 bits per heavy atom. The molecule has 0 fully saturated rings. The lowest BCUT2D eigenvalue weighted by molar-refractivity contribution is -0.113. The molecule has 0 bridgehead atoms. The van der Waals surface area contributed by atoms with Gasteiger partial charge in [0.1, 0.15) is 11.4 Å². The summed E-state index contributed by atoms with van der Waals surface area (Å²) in [6.07, 6.45) is 1.59. The summed E-state index contributed by atoms with van der Waals surface area (Å²) in [6.45, 7) is 5.84. The van der Waals surface area contributed by atoms with Crippen molar-refractivity contribution in [2.24, 2.45) is 0 Å².